The van der Waals surface area contributed by atoms with Crippen LogP contribution in [0.2, 0.25) is 0 Å². The number of hydrogen-bond acceptors (Lipinski definition) is 3. The number of aliphatic carboxylic acids is 3. The number of unbranched alkanes of at least 4 members (excludes halogenated alkanes) is 9. The summed E-state index contributed by atoms with van der Waals surface area (Å²) in [5, 5.41) is 27.1. The molecule has 0 rings (SSSR count). The first-order valence-corrected chi connectivity index (χ1v) is 11.0. The van der Waals surface area contributed by atoms with Crippen molar-refractivity contribution in [3.63, 3.8) is 0 Å². The Kier molecular flexibility index (Phi) is 15.9. The Morgan fingerprint density at radius 2 is 1.03 bits per heavy atom. The van der Waals surface area contributed by atoms with Crippen molar-refractivity contribution in [2.75, 3.05) is 19.6 Å². The summed E-state index contributed by atoms with van der Waals surface area (Å²) < 4.78 is 0.0856. The van der Waals surface area contributed by atoms with Crippen LogP contribution < -0.4 is 0 Å². The molecule has 0 spiro atoms. The minimum absolute atomic E-state index is 0.0856. The first-order chi connectivity index (χ1) is 13.8. The van der Waals surface area contributed by atoms with E-state index in [-0.39, 0.29) is 43.4 Å². The topological polar surface area (TPSA) is 112 Å². The molecule has 0 aromatic rings. The summed E-state index contributed by atoms with van der Waals surface area (Å²) in [6.45, 7) is 2.81. The van der Waals surface area contributed by atoms with Gasteiger partial charge in [0.1, 0.15) is 0 Å². The zero-order valence-electron chi connectivity index (χ0n) is 18.0. The van der Waals surface area contributed by atoms with Crippen LogP contribution >= 0.6 is 0 Å². The Labute approximate surface area is 175 Å². The highest BCUT2D eigenvalue weighted by molar-refractivity contribution is 5.67. The van der Waals surface area contributed by atoms with Crippen molar-refractivity contribution < 1.29 is 34.2 Å². The van der Waals surface area contributed by atoms with Crippen molar-refractivity contribution in [3.05, 3.63) is 12.3 Å². The van der Waals surface area contributed by atoms with Crippen molar-refractivity contribution in [2.45, 2.75) is 90.4 Å². The Balaban J connectivity index is 4.54. The van der Waals surface area contributed by atoms with Crippen LogP contribution in [0, 0.1) is 0 Å². The van der Waals surface area contributed by atoms with Gasteiger partial charge in [-0.2, -0.15) is 0 Å². The van der Waals surface area contributed by atoms with Crippen LogP contribution in [0.25, 0.3) is 0 Å². The van der Waals surface area contributed by atoms with E-state index in [9.17, 15) is 14.4 Å². The van der Waals surface area contributed by atoms with Gasteiger partial charge in [0, 0.05) is 0 Å². The van der Waals surface area contributed by atoms with Gasteiger partial charge in [-0.25, -0.2) is 0 Å². The van der Waals surface area contributed by atoms with Crippen LogP contribution in [0.15, 0.2) is 12.3 Å². The summed E-state index contributed by atoms with van der Waals surface area (Å²) in [4.78, 5) is 33.0. The number of nitrogens with zero attached hydrogens (tertiary/aromatic N) is 1. The maximum absolute atomic E-state index is 11.0. The molecule has 0 aromatic carbocycles. The SMILES string of the molecule is CCCCCCCCCCC/C=C/[N+](CCC(=O)O)(CCC(=O)O)CCC(=O)O. The average Bonchev–Trinajstić information content (AvgIpc) is 2.66. The quantitative estimate of drug-likeness (QED) is 0.197. The second-order valence-electron chi connectivity index (χ2n) is 7.82. The molecule has 0 unspecified atom stereocenters. The summed E-state index contributed by atoms with van der Waals surface area (Å²) in [5.41, 5.74) is 0. The van der Waals surface area contributed by atoms with Gasteiger partial charge in [-0.05, 0) is 18.9 Å². The lowest BCUT2D eigenvalue weighted by Gasteiger charge is -2.34. The molecule has 0 aliphatic heterocycles. The summed E-state index contributed by atoms with van der Waals surface area (Å²) >= 11 is 0. The van der Waals surface area contributed by atoms with E-state index in [0.29, 0.717) is 0 Å². The number of quaternary nitrogens is 1. The minimum atomic E-state index is -0.967. The molecule has 0 heterocycles. The molecular weight excluding hydrogens is 374 g/mol. The lowest BCUT2D eigenvalue weighted by molar-refractivity contribution is -0.878. The summed E-state index contributed by atoms with van der Waals surface area (Å²) in [7, 11) is 0. The molecule has 0 aliphatic carbocycles. The van der Waals surface area contributed by atoms with E-state index in [0.717, 1.165) is 19.3 Å². The number of carboxylic acids is 3. The second-order valence-corrected chi connectivity index (χ2v) is 7.82. The molecule has 7 nitrogen and oxygen atoms in total. The molecule has 0 saturated heterocycles. The third-order valence-electron chi connectivity index (χ3n) is 5.21. The van der Waals surface area contributed by atoms with Gasteiger partial charge in [-0.15, -0.1) is 0 Å². The standard InChI is InChI=1S/C22H39NO6/c1-2-3-4-5-6-7-8-9-10-11-12-16-23(17-13-20(24)25,18-14-21(26)27)19-15-22(28)29/h12,16H,2-11,13-15,17-19H2,1H3,(H2-,24,25,26,27,28,29)/p+1/b16-12+. The Morgan fingerprint density at radius 1 is 0.655 bits per heavy atom. The van der Waals surface area contributed by atoms with E-state index >= 15 is 0 Å². The molecule has 3 N–H and O–H groups in total. The molecule has 29 heavy (non-hydrogen) atoms. The zero-order valence-corrected chi connectivity index (χ0v) is 18.0. The fourth-order valence-electron chi connectivity index (χ4n) is 3.38. The Bertz CT molecular complexity index is 458. The number of carboxylic acid groups (broad SMARTS) is 3. The van der Waals surface area contributed by atoms with Crippen LogP contribution in [-0.2, 0) is 14.4 Å². The molecule has 0 bridgehead atoms. The van der Waals surface area contributed by atoms with Gasteiger partial charge in [0.15, 0.2) is 0 Å². The molecule has 0 radical (unpaired) electrons. The normalized spacial score (nSPS) is 11.8. The molecular formula is C22H40NO6+. The zero-order chi connectivity index (χ0) is 22.0. The fraction of sp³-hybridized carbons (Fsp3) is 0.773. The maximum Gasteiger partial charge on any atom is 0.309 e. The predicted molar refractivity (Wildman–Crippen MR) is 113 cm³/mol. The predicted octanol–water partition coefficient (Wildman–Crippen LogP) is 4.66. The van der Waals surface area contributed by atoms with Crippen molar-refractivity contribution >= 4 is 17.9 Å². The van der Waals surface area contributed by atoms with E-state index in [1.807, 2.05) is 12.3 Å². The monoisotopic (exact) mass is 414 g/mol. The van der Waals surface area contributed by atoms with Crippen LogP contribution in [0.3, 0.4) is 0 Å². The first-order valence-electron chi connectivity index (χ1n) is 11.0. The summed E-state index contributed by atoms with van der Waals surface area (Å²) in [6, 6.07) is 0. The lowest BCUT2D eigenvalue weighted by Crippen LogP contribution is -2.47. The van der Waals surface area contributed by atoms with Gasteiger partial charge in [0.25, 0.3) is 0 Å². The third-order valence-corrected chi connectivity index (χ3v) is 5.21. The number of hydrogen-bond donors (Lipinski definition) is 3. The van der Waals surface area contributed by atoms with Gasteiger partial charge in [0.2, 0.25) is 0 Å². The van der Waals surface area contributed by atoms with Gasteiger partial charge < -0.3 is 15.3 Å². The van der Waals surface area contributed by atoms with Gasteiger partial charge in [0.05, 0.1) is 45.1 Å². The van der Waals surface area contributed by atoms with Crippen molar-refractivity contribution in [1.29, 1.82) is 0 Å². The van der Waals surface area contributed by atoms with Crippen LogP contribution in [0.4, 0.5) is 0 Å². The largest absolute Gasteiger partial charge is 0.481 e. The molecule has 168 valence electrons. The van der Waals surface area contributed by atoms with E-state index in [1.54, 1.807) is 0 Å². The maximum atomic E-state index is 11.0. The summed E-state index contributed by atoms with van der Waals surface area (Å²) in [6.07, 6.45) is 15.4. The molecule has 0 fully saturated rings. The van der Waals surface area contributed by atoms with Gasteiger partial charge in [-0.1, -0.05) is 58.3 Å². The molecule has 0 aliphatic rings. The molecule has 0 saturated carbocycles. The highest BCUT2D eigenvalue weighted by Gasteiger charge is 2.27. The van der Waals surface area contributed by atoms with E-state index in [2.05, 4.69) is 6.92 Å². The van der Waals surface area contributed by atoms with Crippen molar-refractivity contribution in [3.8, 4) is 0 Å². The smallest absolute Gasteiger partial charge is 0.309 e. The minimum Gasteiger partial charge on any atom is -0.481 e. The van der Waals surface area contributed by atoms with Crippen LogP contribution in [-0.4, -0.2) is 57.3 Å². The van der Waals surface area contributed by atoms with E-state index in [1.165, 1.54) is 44.9 Å². The highest BCUT2D eigenvalue weighted by atomic mass is 16.4. The number of allylic oxidation sites excluding steroid dienone is 1. The molecule has 0 amide bonds. The first kappa shape index (κ1) is 27.1. The number of rotatable bonds is 20. The highest BCUT2D eigenvalue weighted by Crippen LogP contribution is 2.16. The summed E-state index contributed by atoms with van der Waals surface area (Å²) in [5.74, 6) is -2.90. The number of carbonyl (C=O) groups is 3. The van der Waals surface area contributed by atoms with Crippen molar-refractivity contribution in [2.24, 2.45) is 0 Å². The van der Waals surface area contributed by atoms with E-state index < -0.39 is 17.9 Å². The molecule has 7 heteroatoms. The molecule has 0 aromatic heterocycles. The Hall–Kier alpha value is -1.89. The van der Waals surface area contributed by atoms with Crippen LogP contribution in [0.5, 0.6) is 0 Å². The van der Waals surface area contributed by atoms with Crippen LogP contribution in [0.1, 0.15) is 90.4 Å². The van der Waals surface area contributed by atoms with Gasteiger partial charge in [-0.3, -0.25) is 18.9 Å². The third kappa shape index (κ3) is 16.7. The average molecular weight is 415 g/mol. The molecule has 0 atom stereocenters. The van der Waals surface area contributed by atoms with Crippen molar-refractivity contribution in [1.82, 2.24) is 0 Å². The van der Waals surface area contributed by atoms with E-state index in [4.69, 9.17) is 15.3 Å². The second kappa shape index (κ2) is 17.0. The van der Waals surface area contributed by atoms with Gasteiger partial charge >= 0.3 is 17.9 Å². The Morgan fingerprint density at radius 3 is 1.41 bits per heavy atom. The fourth-order valence-corrected chi connectivity index (χ4v) is 3.38. The lowest BCUT2D eigenvalue weighted by atomic mass is 10.1.